The molecular weight excluding hydrogens is 286 g/mol. The maximum atomic E-state index is 11.5. The molecule has 0 fully saturated rings. The molecule has 22 heavy (non-hydrogen) atoms. The summed E-state index contributed by atoms with van der Waals surface area (Å²) in [5.74, 6) is -0.374. The molecule has 3 atom stereocenters. The fourth-order valence-corrected chi connectivity index (χ4v) is 2.76. The van der Waals surface area contributed by atoms with E-state index >= 15 is 0 Å². The Bertz CT molecular complexity index is 584. The summed E-state index contributed by atoms with van der Waals surface area (Å²) in [4.78, 5) is 22.2. The van der Waals surface area contributed by atoms with Gasteiger partial charge in [-0.1, -0.05) is 24.3 Å². The maximum Gasteiger partial charge on any atom is 0.330 e. The summed E-state index contributed by atoms with van der Waals surface area (Å²) in [5.41, 5.74) is 0.802. The van der Waals surface area contributed by atoms with Gasteiger partial charge in [-0.25, -0.2) is 4.79 Å². The smallest absolute Gasteiger partial charge is 0.330 e. The highest BCUT2D eigenvalue weighted by Gasteiger charge is 2.37. The SMILES string of the molecule is CCOC(=O)/C=C/[C@H]1[C@H](C)Oc2ccccc2[C@@H]1C[N+](=O)[O-]. The maximum absolute atomic E-state index is 11.5. The molecule has 0 amide bonds. The third-order valence-electron chi connectivity index (χ3n) is 3.72. The number of rotatable bonds is 5. The van der Waals surface area contributed by atoms with Gasteiger partial charge in [-0.2, -0.15) is 0 Å². The standard InChI is InChI=1S/C16H19NO5/c1-3-21-16(18)9-8-12-11(2)22-15-7-5-4-6-13(15)14(12)10-17(19)20/h4-9,11-12,14H,3,10H2,1-2H3/b9-8+/t11-,12-,14+/m0/s1. The van der Waals surface area contributed by atoms with Crippen LogP contribution < -0.4 is 4.74 Å². The minimum Gasteiger partial charge on any atom is -0.490 e. The zero-order valence-electron chi connectivity index (χ0n) is 12.6. The van der Waals surface area contributed by atoms with E-state index in [1.54, 1.807) is 13.0 Å². The van der Waals surface area contributed by atoms with Gasteiger partial charge in [-0.05, 0) is 19.9 Å². The van der Waals surface area contributed by atoms with Crippen molar-refractivity contribution in [2.45, 2.75) is 25.9 Å². The van der Waals surface area contributed by atoms with E-state index < -0.39 is 5.97 Å². The van der Waals surface area contributed by atoms with Crippen molar-refractivity contribution in [2.24, 2.45) is 5.92 Å². The van der Waals surface area contributed by atoms with E-state index in [1.807, 2.05) is 31.2 Å². The molecule has 6 nitrogen and oxygen atoms in total. The van der Waals surface area contributed by atoms with Gasteiger partial charge in [0.15, 0.2) is 0 Å². The van der Waals surface area contributed by atoms with Crippen LogP contribution in [0.4, 0.5) is 0 Å². The highest BCUT2D eigenvalue weighted by Crippen LogP contribution is 2.40. The van der Waals surface area contributed by atoms with E-state index in [0.29, 0.717) is 12.4 Å². The van der Waals surface area contributed by atoms with Gasteiger partial charge in [0.1, 0.15) is 11.9 Å². The van der Waals surface area contributed by atoms with Crippen LogP contribution in [0.1, 0.15) is 25.3 Å². The lowest BCUT2D eigenvalue weighted by atomic mass is 9.80. The number of para-hydroxylation sites is 1. The number of carbonyl (C=O) groups excluding carboxylic acids is 1. The van der Waals surface area contributed by atoms with Gasteiger partial charge < -0.3 is 9.47 Å². The quantitative estimate of drug-likeness (QED) is 0.361. The summed E-state index contributed by atoms with van der Waals surface area (Å²) in [6, 6.07) is 7.31. The highest BCUT2D eigenvalue weighted by atomic mass is 16.6. The molecule has 0 saturated carbocycles. The van der Waals surface area contributed by atoms with Crippen LogP contribution in [0, 0.1) is 16.0 Å². The summed E-state index contributed by atoms with van der Waals surface area (Å²) < 4.78 is 10.7. The number of fused-ring (bicyclic) bond motifs is 1. The molecule has 0 N–H and O–H groups in total. The first-order chi connectivity index (χ1) is 10.5. The van der Waals surface area contributed by atoms with Crippen LogP contribution >= 0.6 is 0 Å². The zero-order chi connectivity index (χ0) is 16.1. The summed E-state index contributed by atoms with van der Waals surface area (Å²) in [6.07, 6.45) is 2.73. The zero-order valence-corrected chi connectivity index (χ0v) is 12.6. The molecule has 6 heteroatoms. The molecule has 0 spiro atoms. The molecule has 0 radical (unpaired) electrons. The second-order valence-corrected chi connectivity index (χ2v) is 5.17. The lowest BCUT2D eigenvalue weighted by molar-refractivity contribution is -0.485. The number of esters is 1. The number of carbonyl (C=O) groups is 1. The Balaban J connectivity index is 2.30. The molecule has 0 aromatic heterocycles. The minimum absolute atomic E-state index is 0.206. The van der Waals surface area contributed by atoms with Crippen LogP contribution in [0.3, 0.4) is 0 Å². The third kappa shape index (κ3) is 3.63. The molecule has 1 aliphatic rings. The average molecular weight is 305 g/mol. The predicted octanol–water partition coefficient (Wildman–Crippen LogP) is 2.56. The lowest BCUT2D eigenvalue weighted by Crippen LogP contribution is -2.36. The van der Waals surface area contributed by atoms with Crippen molar-refractivity contribution >= 4 is 5.97 Å². The number of hydrogen-bond donors (Lipinski definition) is 0. The second kappa shape index (κ2) is 7.06. The Morgan fingerprint density at radius 3 is 2.86 bits per heavy atom. The van der Waals surface area contributed by atoms with Crippen LogP contribution in [0.2, 0.25) is 0 Å². The summed E-state index contributed by atoms with van der Waals surface area (Å²) in [5, 5.41) is 11.0. The first kappa shape index (κ1) is 16.0. The Morgan fingerprint density at radius 1 is 1.45 bits per heavy atom. The average Bonchev–Trinajstić information content (AvgIpc) is 2.46. The number of nitro groups is 1. The van der Waals surface area contributed by atoms with Crippen molar-refractivity contribution in [1.82, 2.24) is 0 Å². The summed E-state index contributed by atoms with van der Waals surface area (Å²) in [6.45, 7) is 3.66. The fourth-order valence-electron chi connectivity index (χ4n) is 2.76. The second-order valence-electron chi connectivity index (χ2n) is 5.17. The van der Waals surface area contributed by atoms with Gasteiger partial charge in [0.05, 0.1) is 12.5 Å². The molecule has 0 unspecified atom stereocenters. The van der Waals surface area contributed by atoms with Gasteiger partial charge in [0.2, 0.25) is 6.54 Å². The van der Waals surface area contributed by atoms with Crippen LogP contribution in [-0.4, -0.2) is 30.1 Å². The predicted molar refractivity (Wildman–Crippen MR) is 80.4 cm³/mol. The van der Waals surface area contributed by atoms with Crippen molar-refractivity contribution in [3.05, 3.63) is 52.1 Å². The molecule has 0 bridgehead atoms. The largest absolute Gasteiger partial charge is 0.490 e. The third-order valence-corrected chi connectivity index (χ3v) is 3.72. The van der Waals surface area contributed by atoms with E-state index in [9.17, 15) is 14.9 Å². The van der Waals surface area contributed by atoms with Gasteiger partial charge in [0.25, 0.3) is 0 Å². The van der Waals surface area contributed by atoms with Gasteiger partial charge in [-0.15, -0.1) is 0 Å². The van der Waals surface area contributed by atoms with Gasteiger partial charge in [0, 0.05) is 22.5 Å². The Hall–Kier alpha value is -2.37. The molecule has 0 aliphatic carbocycles. The molecule has 1 aliphatic heterocycles. The van der Waals surface area contributed by atoms with E-state index in [4.69, 9.17) is 9.47 Å². The van der Waals surface area contributed by atoms with Gasteiger partial charge in [-0.3, -0.25) is 10.1 Å². The van der Waals surface area contributed by atoms with Crippen molar-refractivity contribution < 1.29 is 19.2 Å². The molecule has 1 aromatic rings. The molecule has 2 rings (SSSR count). The lowest BCUT2D eigenvalue weighted by Gasteiger charge is -2.34. The summed E-state index contributed by atoms with van der Waals surface area (Å²) in [7, 11) is 0. The molecule has 0 saturated heterocycles. The molecule has 1 aromatic carbocycles. The first-order valence-electron chi connectivity index (χ1n) is 7.25. The molecule has 1 heterocycles. The Kier molecular flexibility index (Phi) is 5.14. The fraction of sp³-hybridized carbons (Fsp3) is 0.438. The van der Waals surface area contributed by atoms with Gasteiger partial charge >= 0.3 is 5.97 Å². The van der Waals surface area contributed by atoms with E-state index in [2.05, 4.69) is 0 Å². The summed E-state index contributed by atoms with van der Waals surface area (Å²) >= 11 is 0. The topological polar surface area (TPSA) is 78.7 Å². The number of hydrogen-bond acceptors (Lipinski definition) is 5. The first-order valence-corrected chi connectivity index (χ1v) is 7.25. The van der Waals surface area contributed by atoms with Crippen LogP contribution in [-0.2, 0) is 9.53 Å². The highest BCUT2D eigenvalue weighted by molar-refractivity contribution is 5.81. The van der Waals surface area contributed by atoms with Crippen LogP contribution in [0.5, 0.6) is 5.75 Å². The minimum atomic E-state index is -0.451. The van der Waals surface area contributed by atoms with Crippen molar-refractivity contribution in [3.63, 3.8) is 0 Å². The Labute approximate surface area is 128 Å². The van der Waals surface area contributed by atoms with Crippen LogP contribution in [0.25, 0.3) is 0 Å². The normalized spacial score (nSPS) is 23.6. The molecule has 118 valence electrons. The number of ether oxygens (including phenoxy) is 2. The van der Waals surface area contributed by atoms with E-state index in [0.717, 1.165) is 5.56 Å². The Morgan fingerprint density at radius 2 is 2.18 bits per heavy atom. The molecular formula is C16H19NO5. The van der Waals surface area contributed by atoms with Crippen molar-refractivity contribution in [2.75, 3.05) is 13.2 Å². The monoisotopic (exact) mass is 305 g/mol. The van der Waals surface area contributed by atoms with Crippen molar-refractivity contribution in [3.8, 4) is 5.75 Å². The van der Waals surface area contributed by atoms with E-state index in [1.165, 1.54) is 6.08 Å². The number of benzene rings is 1. The van der Waals surface area contributed by atoms with E-state index in [-0.39, 0.29) is 29.4 Å². The number of nitrogens with zero attached hydrogens (tertiary/aromatic N) is 1. The van der Waals surface area contributed by atoms with Crippen LogP contribution in [0.15, 0.2) is 36.4 Å². The van der Waals surface area contributed by atoms with Crippen molar-refractivity contribution in [1.29, 1.82) is 0 Å².